The van der Waals surface area contributed by atoms with Crippen LogP contribution in [0.15, 0.2) is 48.9 Å². The molecule has 0 bridgehead atoms. The van der Waals surface area contributed by atoms with Gasteiger partial charge in [-0.15, -0.1) is 0 Å². The van der Waals surface area contributed by atoms with Gasteiger partial charge >= 0.3 is 22.6 Å². The molecule has 2 N–H and O–H groups in total. The van der Waals surface area contributed by atoms with Crippen molar-refractivity contribution in [2.75, 3.05) is 14.1 Å². The van der Waals surface area contributed by atoms with Gasteiger partial charge in [-0.1, -0.05) is 12.1 Å². The maximum atomic E-state index is 14.4. The molecular formula is C22H23F6N5O4S. The number of hydrogen-bond acceptors (Lipinski definition) is 6. The van der Waals surface area contributed by atoms with E-state index in [2.05, 4.69) is 10.1 Å². The summed E-state index contributed by atoms with van der Waals surface area (Å²) >= 11 is 0. The Morgan fingerprint density at radius 3 is 2.16 bits per heavy atom. The third-order valence-electron chi connectivity index (χ3n) is 6.58. The van der Waals surface area contributed by atoms with Crippen molar-refractivity contribution in [2.45, 2.75) is 43.3 Å². The number of aliphatic hydroxyl groups is 2. The maximum Gasteiger partial charge on any atom is 0.424 e. The van der Waals surface area contributed by atoms with Gasteiger partial charge < -0.3 is 10.2 Å². The van der Waals surface area contributed by atoms with E-state index in [1.807, 2.05) is 0 Å². The van der Waals surface area contributed by atoms with Crippen LogP contribution in [-0.4, -0.2) is 68.1 Å². The van der Waals surface area contributed by atoms with Crippen LogP contribution in [0, 0.1) is 5.41 Å². The Hall–Kier alpha value is -2.95. The van der Waals surface area contributed by atoms with E-state index in [0.29, 0.717) is 16.2 Å². The summed E-state index contributed by atoms with van der Waals surface area (Å²) in [5.41, 5.74) is -7.32. The molecule has 0 aliphatic heterocycles. The van der Waals surface area contributed by atoms with E-state index in [1.165, 1.54) is 29.2 Å². The third kappa shape index (κ3) is 4.58. The van der Waals surface area contributed by atoms with E-state index in [4.69, 9.17) is 0 Å². The van der Waals surface area contributed by atoms with Crippen molar-refractivity contribution in [3.8, 4) is 5.69 Å². The standard InChI is InChI=1S/C22H23F6N5O4S/c1-31(2)38(36,37)33-13-15(12-19(8-9-19)21(23,24)25)30-18(33)17(34)20(35,22(26,27)28)14-4-6-16(7-5-14)32-11-3-10-29-32/h3-7,10-11,13,17,34-35H,8-9,12H2,1-2H3/t17-,20+/m0/s1. The monoisotopic (exact) mass is 567 g/mol. The van der Waals surface area contributed by atoms with Gasteiger partial charge in [-0.3, -0.25) is 0 Å². The first-order valence-electron chi connectivity index (χ1n) is 11.1. The molecule has 0 amide bonds. The predicted molar refractivity (Wildman–Crippen MR) is 120 cm³/mol. The van der Waals surface area contributed by atoms with Crippen LogP contribution in [0.3, 0.4) is 0 Å². The highest BCUT2D eigenvalue weighted by atomic mass is 32.2. The third-order valence-corrected chi connectivity index (χ3v) is 8.30. The highest BCUT2D eigenvalue weighted by Crippen LogP contribution is 2.59. The number of alkyl halides is 6. The van der Waals surface area contributed by atoms with Crippen LogP contribution in [0.2, 0.25) is 0 Å². The molecule has 2 heterocycles. The molecule has 1 aliphatic carbocycles. The Morgan fingerprint density at radius 1 is 1.11 bits per heavy atom. The minimum Gasteiger partial charge on any atom is -0.381 e. The molecule has 0 saturated heterocycles. The molecule has 1 fully saturated rings. The molecular weight excluding hydrogens is 544 g/mol. The lowest BCUT2D eigenvalue weighted by molar-refractivity contribution is -0.301. The van der Waals surface area contributed by atoms with Gasteiger partial charge in [0, 0.05) is 39.1 Å². The summed E-state index contributed by atoms with van der Waals surface area (Å²) in [4.78, 5) is 3.69. The van der Waals surface area contributed by atoms with E-state index in [9.17, 15) is 45.0 Å². The van der Waals surface area contributed by atoms with Gasteiger partial charge in [-0.05, 0) is 36.6 Å². The van der Waals surface area contributed by atoms with Gasteiger partial charge in [0.2, 0.25) is 5.60 Å². The van der Waals surface area contributed by atoms with Gasteiger partial charge in [0.1, 0.15) is 0 Å². The van der Waals surface area contributed by atoms with Crippen molar-refractivity contribution in [3.63, 3.8) is 0 Å². The number of benzene rings is 1. The first-order valence-corrected chi connectivity index (χ1v) is 12.5. The van der Waals surface area contributed by atoms with E-state index in [-0.39, 0.29) is 16.8 Å². The number of aliphatic hydroxyl groups excluding tert-OH is 1. The van der Waals surface area contributed by atoms with Crippen LogP contribution in [0.25, 0.3) is 5.69 Å². The smallest absolute Gasteiger partial charge is 0.381 e. The second-order valence-electron chi connectivity index (χ2n) is 9.30. The highest BCUT2D eigenvalue weighted by molar-refractivity contribution is 7.87. The second kappa shape index (κ2) is 9.07. The quantitative estimate of drug-likeness (QED) is 0.405. The Bertz CT molecular complexity index is 1400. The lowest BCUT2D eigenvalue weighted by atomic mass is 9.86. The summed E-state index contributed by atoms with van der Waals surface area (Å²) in [6.07, 6.45) is -11.0. The van der Waals surface area contributed by atoms with Crippen LogP contribution in [0.1, 0.15) is 36.0 Å². The van der Waals surface area contributed by atoms with Crippen LogP contribution < -0.4 is 0 Å². The van der Waals surface area contributed by atoms with Crippen molar-refractivity contribution in [3.05, 3.63) is 66.0 Å². The van der Waals surface area contributed by atoms with Gasteiger partial charge in [-0.25, -0.2) is 13.6 Å². The molecule has 1 aliphatic rings. The number of hydrogen-bond donors (Lipinski definition) is 2. The molecule has 38 heavy (non-hydrogen) atoms. The topological polar surface area (TPSA) is 113 Å². The zero-order valence-electron chi connectivity index (χ0n) is 19.9. The molecule has 1 aromatic carbocycles. The summed E-state index contributed by atoms with van der Waals surface area (Å²) < 4.78 is 111. The van der Waals surface area contributed by atoms with Crippen molar-refractivity contribution in [1.82, 2.24) is 23.0 Å². The van der Waals surface area contributed by atoms with Crippen LogP contribution in [0.5, 0.6) is 0 Å². The van der Waals surface area contributed by atoms with Gasteiger partial charge in [0.25, 0.3) is 0 Å². The fourth-order valence-electron chi connectivity index (χ4n) is 4.07. The molecule has 0 unspecified atom stereocenters. The van der Waals surface area contributed by atoms with Gasteiger partial charge in [-0.2, -0.15) is 44.2 Å². The molecule has 0 spiro atoms. The first kappa shape index (κ1) is 28.1. The Kier molecular flexibility index (Phi) is 6.70. The molecule has 16 heteroatoms. The van der Waals surface area contributed by atoms with Crippen molar-refractivity contribution in [2.24, 2.45) is 5.41 Å². The average Bonchev–Trinajstić information content (AvgIpc) is 3.23. The first-order chi connectivity index (χ1) is 17.4. The van der Waals surface area contributed by atoms with Crippen LogP contribution in [0.4, 0.5) is 26.3 Å². The lowest BCUT2D eigenvalue weighted by Gasteiger charge is -2.35. The average molecular weight is 568 g/mol. The fourth-order valence-corrected chi connectivity index (χ4v) is 5.05. The largest absolute Gasteiger partial charge is 0.424 e. The van der Waals surface area contributed by atoms with E-state index in [1.54, 1.807) is 6.07 Å². The molecule has 4 rings (SSSR count). The zero-order valence-corrected chi connectivity index (χ0v) is 20.8. The summed E-state index contributed by atoms with van der Waals surface area (Å²) in [6.45, 7) is 0. The molecule has 3 aromatic rings. The minimum absolute atomic E-state index is 0.161. The molecule has 9 nitrogen and oxygen atoms in total. The van der Waals surface area contributed by atoms with E-state index in [0.717, 1.165) is 26.2 Å². The van der Waals surface area contributed by atoms with E-state index < -0.39 is 63.2 Å². The summed E-state index contributed by atoms with van der Waals surface area (Å²) in [5, 5.41) is 25.8. The Morgan fingerprint density at radius 2 is 1.71 bits per heavy atom. The normalized spacial score (nSPS) is 18.4. The minimum atomic E-state index is -5.57. The predicted octanol–water partition coefficient (Wildman–Crippen LogP) is 3.09. The summed E-state index contributed by atoms with van der Waals surface area (Å²) in [6, 6.07) is 5.66. The summed E-state index contributed by atoms with van der Waals surface area (Å²) in [5.74, 6) is -1.19. The van der Waals surface area contributed by atoms with Gasteiger partial charge in [0.15, 0.2) is 11.9 Å². The lowest BCUT2D eigenvalue weighted by Crippen LogP contribution is -2.48. The van der Waals surface area contributed by atoms with Gasteiger partial charge in [0.05, 0.1) is 16.8 Å². The summed E-state index contributed by atoms with van der Waals surface area (Å²) in [7, 11) is -2.60. The van der Waals surface area contributed by atoms with E-state index >= 15 is 0 Å². The fraction of sp³-hybridized carbons (Fsp3) is 0.455. The molecule has 0 radical (unpaired) electrons. The molecule has 2 atom stereocenters. The number of aromatic nitrogens is 4. The second-order valence-corrected chi connectivity index (χ2v) is 11.3. The Labute approximate surface area is 213 Å². The Balaban J connectivity index is 1.83. The molecule has 1 saturated carbocycles. The SMILES string of the molecule is CN(C)S(=O)(=O)n1cc(CC2(C(F)(F)F)CC2)nc1[C@H](O)[C@](O)(c1ccc(-n2cccn2)cc1)C(F)(F)F. The van der Waals surface area contributed by atoms with Crippen molar-refractivity contribution < 1.29 is 45.0 Å². The number of rotatable bonds is 8. The molecule has 208 valence electrons. The number of imidazole rings is 1. The maximum absolute atomic E-state index is 14.4. The van der Waals surface area contributed by atoms with Crippen molar-refractivity contribution in [1.29, 1.82) is 0 Å². The highest BCUT2D eigenvalue weighted by Gasteiger charge is 2.64. The molecule has 2 aromatic heterocycles. The van der Waals surface area contributed by atoms with Crippen LogP contribution in [-0.2, 0) is 22.2 Å². The number of nitrogens with zero attached hydrogens (tertiary/aromatic N) is 5. The zero-order chi connectivity index (χ0) is 28.3. The van der Waals surface area contributed by atoms with Crippen molar-refractivity contribution >= 4 is 10.2 Å². The number of halogens is 6. The van der Waals surface area contributed by atoms with Crippen LogP contribution >= 0.6 is 0 Å².